The fraction of sp³-hybridized carbons (Fsp3) is 1.00. The lowest BCUT2D eigenvalue weighted by molar-refractivity contribution is -0.174. The van der Waals surface area contributed by atoms with Crippen molar-refractivity contribution < 1.29 is 17.9 Å². The van der Waals surface area contributed by atoms with Crippen LogP contribution in [0.25, 0.3) is 0 Å². The molecule has 1 atom stereocenters. The van der Waals surface area contributed by atoms with Gasteiger partial charge in [-0.2, -0.15) is 13.2 Å². The van der Waals surface area contributed by atoms with Crippen molar-refractivity contribution in [1.29, 1.82) is 0 Å². The minimum absolute atomic E-state index is 0.152. The monoisotopic (exact) mass is 246 g/mol. The standard InChI is InChI=1S/C10H18ClF3O/c1-8(2)9(6-11)4-3-5-15-7-10(12,13)14/h8-9H,3-7H2,1-2H3. The number of hydrogen-bond acceptors (Lipinski definition) is 1. The summed E-state index contributed by atoms with van der Waals surface area (Å²) in [7, 11) is 0. The highest BCUT2D eigenvalue weighted by atomic mass is 35.5. The molecule has 0 N–H and O–H groups in total. The molecule has 0 radical (unpaired) electrons. The highest BCUT2D eigenvalue weighted by Crippen LogP contribution is 2.19. The Morgan fingerprint density at radius 2 is 1.87 bits per heavy atom. The van der Waals surface area contributed by atoms with E-state index in [1.54, 1.807) is 0 Å². The smallest absolute Gasteiger partial charge is 0.372 e. The quantitative estimate of drug-likeness (QED) is 0.490. The molecule has 0 spiro atoms. The van der Waals surface area contributed by atoms with Crippen molar-refractivity contribution in [2.45, 2.75) is 32.9 Å². The van der Waals surface area contributed by atoms with E-state index in [9.17, 15) is 13.2 Å². The summed E-state index contributed by atoms with van der Waals surface area (Å²) in [4.78, 5) is 0. The van der Waals surface area contributed by atoms with Gasteiger partial charge in [-0.25, -0.2) is 0 Å². The summed E-state index contributed by atoms with van der Waals surface area (Å²) in [6.45, 7) is 3.12. The van der Waals surface area contributed by atoms with E-state index < -0.39 is 12.8 Å². The number of alkyl halides is 4. The molecule has 0 aromatic rings. The van der Waals surface area contributed by atoms with Gasteiger partial charge in [0.25, 0.3) is 0 Å². The predicted octanol–water partition coefficient (Wildman–Crippen LogP) is 3.86. The summed E-state index contributed by atoms with van der Waals surface area (Å²) >= 11 is 5.73. The van der Waals surface area contributed by atoms with Gasteiger partial charge in [-0.1, -0.05) is 13.8 Å². The first-order valence-electron chi connectivity index (χ1n) is 5.07. The van der Waals surface area contributed by atoms with Crippen LogP contribution in [-0.4, -0.2) is 25.3 Å². The van der Waals surface area contributed by atoms with Gasteiger partial charge in [0.05, 0.1) is 0 Å². The van der Waals surface area contributed by atoms with Crippen molar-refractivity contribution >= 4 is 11.6 Å². The van der Waals surface area contributed by atoms with Crippen LogP contribution in [-0.2, 0) is 4.74 Å². The third kappa shape index (κ3) is 9.00. The molecule has 0 saturated heterocycles. The number of hydrogen-bond donors (Lipinski definition) is 0. The maximum atomic E-state index is 11.7. The van der Waals surface area contributed by atoms with Gasteiger partial charge < -0.3 is 4.74 Å². The lowest BCUT2D eigenvalue weighted by atomic mass is 9.93. The van der Waals surface area contributed by atoms with Crippen molar-refractivity contribution in [2.24, 2.45) is 11.8 Å². The van der Waals surface area contributed by atoms with Gasteiger partial charge in [-0.05, 0) is 24.7 Å². The molecule has 0 aromatic carbocycles. The largest absolute Gasteiger partial charge is 0.411 e. The van der Waals surface area contributed by atoms with E-state index in [1.165, 1.54) is 0 Å². The van der Waals surface area contributed by atoms with Crippen LogP contribution in [0.3, 0.4) is 0 Å². The van der Waals surface area contributed by atoms with Crippen LogP contribution in [0.4, 0.5) is 13.2 Å². The summed E-state index contributed by atoms with van der Waals surface area (Å²) in [6, 6.07) is 0. The predicted molar refractivity (Wildman–Crippen MR) is 55.2 cm³/mol. The maximum Gasteiger partial charge on any atom is 0.411 e. The zero-order valence-electron chi connectivity index (χ0n) is 9.11. The molecule has 0 aliphatic heterocycles. The van der Waals surface area contributed by atoms with Gasteiger partial charge in [0.15, 0.2) is 0 Å². The Morgan fingerprint density at radius 3 is 2.27 bits per heavy atom. The Morgan fingerprint density at radius 1 is 1.27 bits per heavy atom. The lowest BCUT2D eigenvalue weighted by Crippen LogP contribution is -2.18. The third-order valence-electron chi connectivity index (χ3n) is 2.27. The van der Waals surface area contributed by atoms with Crippen molar-refractivity contribution in [2.75, 3.05) is 19.1 Å². The molecule has 5 heteroatoms. The Bertz CT molecular complexity index is 159. The zero-order chi connectivity index (χ0) is 11.9. The summed E-state index contributed by atoms with van der Waals surface area (Å²) < 4.78 is 39.6. The fourth-order valence-electron chi connectivity index (χ4n) is 1.22. The van der Waals surface area contributed by atoms with E-state index in [4.69, 9.17) is 11.6 Å². The molecular weight excluding hydrogens is 229 g/mol. The minimum Gasteiger partial charge on any atom is -0.372 e. The number of ether oxygens (including phenoxy) is 1. The normalized spacial score (nSPS) is 14.6. The third-order valence-corrected chi connectivity index (χ3v) is 2.67. The topological polar surface area (TPSA) is 9.23 Å². The number of rotatable bonds is 7. The first-order chi connectivity index (χ1) is 6.87. The zero-order valence-corrected chi connectivity index (χ0v) is 9.87. The molecular formula is C10H18ClF3O. The molecule has 0 amide bonds. The van der Waals surface area contributed by atoms with Crippen molar-refractivity contribution in [3.8, 4) is 0 Å². The Balaban J connectivity index is 3.45. The van der Waals surface area contributed by atoms with Gasteiger partial charge in [0.1, 0.15) is 6.61 Å². The Labute approximate surface area is 93.9 Å². The van der Waals surface area contributed by atoms with E-state index >= 15 is 0 Å². The van der Waals surface area contributed by atoms with Gasteiger partial charge in [-0.3, -0.25) is 0 Å². The Kier molecular flexibility index (Phi) is 7.36. The summed E-state index contributed by atoms with van der Waals surface area (Å²) in [6.07, 6.45) is -2.77. The van der Waals surface area contributed by atoms with E-state index in [1.807, 2.05) is 0 Å². The van der Waals surface area contributed by atoms with E-state index in [-0.39, 0.29) is 6.61 Å². The van der Waals surface area contributed by atoms with Crippen LogP contribution in [0, 0.1) is 11.8 Å². The molecule has 92 valence electrons. The molecule has 0 aliphatic rings. The van der Waals surface area contributed by atoms with Crippen LogP contribution >= 0.6 is 11.6 Å². The first kappa shape index (κ1) is 15.0. The van der Waals surface area contributed by atoms with Crippen molar-refractivity contribution in [1.82, 2.24) is 0 Å². The highest BCUT2D eigenvalue weighted by Gasteiger charge is 2.27. The average Bonchev–Trinajstić information content (AvgIpc) is 2.08. The molecule has 0 fully saturated rings. The second-order valence-corrected chi connectivity index (χ2v) is 4.28. The SMILES string of the molecule is CC(C)C(CCl)CCCOCC(F)(F)F. The summed E-state index contributed by atoms with van der Waals surface area (Å²) in [5.41, 5.74) is 0. The van der Waals surface area contributed by atoms with Crippen LogP contribution in [0.5, 0.6) is 0 Å². The molecule has 0 saturated carbocycles. The minimum atomic E-state index is -4.22. The second-order valence-electron chi connectivity index (χ2n) is 3.97. The van der Waals surface area contributed by atoms with Crippen molar-refractivity contribution in [3.63, 3.8) is 0 Å². The molecule has 0 aromatic heterocycles. The van der Waals surface area contributed by atoms with Gasteiger partial charge in [-0.15, -0.1) is 11.6 Å². The molecule has 0 aliphatic carbocycles. The molecule has 1 nitrogen and oxygen atoms in total. The highest BCUT2D eigenvalue weighted by molar-refractivity contribution is 6.18. The van der Waals surface area contributed by atoms with E-state index in [0.717, 1.165) is 6.42 Å². The fourth-order valence-corrected chi connectivity index (χ4v) is 1.73. The van der Waals surface area contributed by atoms with Crippen LogP contribution in [0.1, 0.15) is 26.7 Å². The van der Waals surface area contributed by atoms with E-state index in [0.29, 0.717) is 24.1 Å². The average molecular weight is 247 g/mol. The number of halogens is 4. The second kappa shape index (κ2) is 7.34. The molecule has 0 heterocycles. The van der Waals surface area contributed by atoms with Crippen LogP contribution < -0.4 is 0 Å². The van der Waals surface area contributed by atoms with Crippen LogP contribution in [0.2, 0.25) is 0 Å². The lowest BCUT2D eigenvalue weighted by Gasteiger charge is -2.17. The molecule has 1 unspecified atom stereocenters. The molecule has 0 bridgehead atoms. The summed E-state index contributed by atoms with van der Waals surface area (Å²) in [5, 5.41) is 0. The molecule has 15 heavy (non-hydrogen) atoms. The van der Waals surface area contributed by atoms with Gasteiger partial charge in [0.2, 0.25) is 0 Å². The van der Waals surface area contributed by atoms with E-state index in [2.05, 4.69) is 18.6 Å². The first-order valence-corrected chi connectivity index (χ1v) is 5.60. The Hall–Kier alpha value is 0.0400. The van der Waals surface area contributed by atoms with Gasteiger partial charge >= 0.3 is 6.18 Å². The molecule has 0 rings (SSSR count). The maximum absolute atomic E-state index is 11.7. The van der Waals surface area contributed by atoms with Crippen molar-refractivity contribution in [3.05, 3.63) is 0 Å². The van der Waals surface area contributed by atoms with Gasteiger partial charge in [0, 0.05) is 12.5 Å². The van der Waals surface area contributed by atoms with Crippen LogP contribution in [0.15, 0.2) is 0 Å². The summed E-state index contributed by atoms with van der Waals surface area (Å²) in [5.74, 6) is 1.38.